The predicted octanol–water partition coefficient (Wildman–Crippen LogP) is 4.94. The highest BCUT2D eigenvalue weighted by molar-refractivity contribution is 7.98. The number of hydrogen-bond donors (Lipinski definition) is 2. The Kier molecular flexibility index (Phi) is 6.36. The fraction of sp³-hybridized carbons (Fsp3) is 0.182. The molecule has 0 aliphatic carbocycles. The molecule has 0 aliphatic heterocycles. The van der Waals surface area contributed by atoms with Gasteiger partial charge in [0.1, 0.15) is 11.3 Å². The third-order valence-corrected chi connectivity index (χ3v) is 5.36. The van der Waals surface area contributed by atoms with E-state index < -0.39 is 29.4 Å². The molecule has 0 bridgehead atoms. The Bertz CT molecular complexity index is 1110. The van der Waals surface area contributed by atoms with Crippen LogP contribution in [0.4, 0.5) is 13.2 Å². The van der Waals surface area contributed by atoms with Crippen LogP contribution in [0.15, 0.2) is 70.4 Å². The van der Waals surface area contributed by atoms with Crippen LogP contribution in [0.2, 0.25) is 0 Å². The first kappa shape index (κ1) is 21.7. The highest BCUT2D eigenvalue weighted by atomic mass is 32.2. The number of benzene rings is 2. The summed E-state index contributed by atoms with van der Waals surface area (Å²) in [6.07, 6.45) is -2.78. The number of pyridine rings is 1. The summed E-state index contributed by atoms with van der Waals surface area (Å²) in [5.41, 5.74) is -0.0125. The standard InChI is InChI=1S/C22H19F3N2O2S/c1-13-8-9-15(17(12-13)30-2)19(14-6-4-3-5-7-14)27-21(29)16-10-11-18(22(23,24)25)26-20(16)28/h3-12,19H,1-2H3,(H,26,28)(H,27,29). The second-order valence-electron chi connectivity index (χ2n) is 6.68. The second kappa shape index (κ2) is 8.79. The van der Waals surface area contributed by atoms with Crippen LogP contribution in [-0.4, -0.2) is 17.1 Å². The Hall–Kier alpha value is -3.00. The summed E-state index contributed by atoms with van der Waals surface area (Å²) >= 11 is 1.52. The number of alkyl halides is 3. The minimum Gasteiger partial charge on any atom is -0.341 e. The minimum absolute atomic E-state index is 0.387. The smallest absolute Gasteiger partial charge is 0.341 e. The van der Waals surface area contributed by atoms with Crippen LogP contribution in [0.25, 0.3) is 0 Å². The lowest BCUT2D eigenvalue weighted by molar-refractivity contribution is -0.141. The number of H-pyrrole nitrogens is 1. The molecular weight excluding hydrogens is 413 g/mol. The van der Waals surface area contributed by atoms with Crippen molar-refractivity contribution in [3.63, 3.8) is 0 Å². The zero-order valence-electron chi connectivity index (χ0n) is 16.2. The molecule has 2 N–H and O–H groups in total. The van der Waals surface area contributed by atoms with Crippen molar-refractivity contribution >= 4 is 17.7 Å². The zero-order chi connectivity index (χ0) is 21.9. The van der Waals surface area contributed by atoms with Crippen molar-refractivity contribution < 1.29 is 18.0 Å². The quantitative estimate of drug-likeness (QED) is 0.561. The average molecular weight is 432 g/mol. The SMILES string of the molecule is CSc1cc(C)ccc1C(NC(=O)c1ccc(C(F)(F)F)[nH]c1=O)c1ccccc1. The molecule has 1 unspecified atom stereocenters. The molecule has 1 aromatic heterocycles. The van der Waals surface area contributed by atoms with Gasteiger partial charge in [-0.05, 0) is 48.1 Å². The van der Waals surface area contributed by atoms with E-state index in [-0.39, 0.29) is 5.56 Å². The fourth-order valence-corrected chi connectivity index (χ4v) is 3.79. The monoisotopic (exact) mass is 432 g/mol. The maximum Gasteiger partial charge on any atom is 0.431 e. The third kappa shape index (κ3) is 4.76. The second-order valence-corrected chi connectivity index (χ2v) is 7.52. The number of amides is 1. The molecule has 2 aromatic carbocycles. The Labute approximate surface area is 175 Å². The van der Waals surface area contributed by atoms with Gasteiger partial charge in [0, 0.05) is 4.90 Å². The van der Waals surface area contributed by atoms with E-state index >= 15 is 0 Å². The van der Waals surface area contributed by atoms with E-state index in [4.69, 9.17) is 0 Å². The zero-order valence-corrected chi connectivity index (χ0v) is 17.0. The molecule has 1 atom stereocenters. The number of rotatable bonds is 5. The summed E-state index contributed by atoms with van der Waals surface area (Å²) in [6, 6.07) is 16.0. The van der Waals surface area contributed by atoms with Crippen LogP contribution in [0, 0.1) is 6.92 Å². The number of aryl methyl sites for hydroxylation is 1. The molecule has 3 aromatic rings. The van der Waals surface area contributed by atoms with E-state index in [1.54, 1.807) is 4.98 Å². The maximum absolute atomic E-state index is 12.8. The maximum atomic E-state index is 12.8. The molecule has 1 heterocycles. The van der Waals surface area contributed by atoms with Gasteiger partial charge in [0.2, 0.25) is 0 Å². The van der Waals surface area contributed by atoms with E-state index in [1.807, 2.05) is 61.7 Å². The Balaban J connectivity index is 2.01. The topological polar surface area (TPSA) is 62.0 Å². The summed E-state index contributed by atoms with van der Waals surface area (Å²) in [7, 11) is 0. The van der Waals surface area contributed by atoms with E-state index in [0.29, 0.717) is 6.07 Å². The van der Waals surface area contributed by atoms with Crippen LogP contribution in [0.5, 0.6) is 0 Å². The molecule has 0 fully saturated rings. The van der Waals surface area contributed by atoms with Gasteiger partial charge in [-0.1, -0.05) is 42.5 Å². The van der Waals surface area contributed by atoms with Gasteiger partial charge >= 0.3 is 6.18 Å². The molecule has 4 nitrogen and oxygen atoms in total. The van der Waals surface area contributed by atoms with E-state index in [1.165, 1.54) is 11.8 Å². The van der Waals surface area contributed by atoms with Gasteiger partial charge in [-0.15, -0.1) is 11.8 Å². The van der Waals surface area contributed by atoms with Gasteiger partial charge in [0.25, 0.3) is 11.5 Å². The van der Waals surface area contributed by atoms with E-state index in [0.717, 1.165) is 27.7 Å². The third-order valence-electron chi connectivity index (χ3n) is 4.57. The van der Waals surface area contributed by atoms with Crippen molar-refractivity contribution in [1.82, 2.24) is 10.3 Å². The number of hydrogen-bond acceptors (Lipinski definition) is 3. The van der Waals surface area contributed by atoms with Crippen molar-refractivity contribution in [2.75, 3.05) is 6.26 Å². The normalized spacial score (nSPS) is 12.4. The number of aromatic amines is 1. The number of aromatic nitrogens is 1. The van der Waals surface area contributed by atoms with Gasteiger partial charge in [0.15, 0.2) is 0 Å². The van der Waals surface area contributed by atoms with Crippen LogP contribution < -0.4 is 10.9 Å². The highest BCUT2D eigenvalue weighted by Crippen LogP contribution is 2.31. The molecule has 30 heavy (non-hydrogen) atoms. The summed E-state index contributed by atoms with van der Waals surface area (Å²) in [5, 5.41) is 2.81. The van der Waals surface area contributed by atoms with E-state index in [2.05, 4.69) is 5.32 Å². The summed E-state index contributed by atoms with van der Waals surface area (Å²) in [4.78, 5) is 27.6. The number of carbonyl (C=O) groups is 1. The lowest BCUT2D eigenvalue weighted by atomic mass is 9.97. The van der Waals surface area contributed by atoms with Crippen LogP contribution in [0.1, 0.15) is 38.8 Å². The van der Waals surface area contributed by atoms with Crippen molar-refractivity contribution in [2.24, 2.45) is 0 Å². The molecule has 3 rings (SSSR count). The first-order valence-electron chi connectivity index (χ1n) is 9.01. The van der Waals surface area contributed by atoms with Crippen LogP contribution in [0.3, 0.4) is 0 Å². The number of carbonyl (C=O) groups excluding carboxylic acids is 1. The van der Waals surface area contributed by atoms with Gasteiger partial charge < -0.3 is 10.3 Å². The summed E-state index contributed by atoms with van der Waals surface area (Å²) in [5.74, 6) is -0.758. The van der Waals surface area contributed by atoms with Crippen LogP contribution >= 0.6 is 11.8 Å². The first-order valence-corrected chi connectivity index (χ1v) is 10.2. The Morgan fingerprint density at radius 1 is 1.07 bits per heavy atom. The molecule has 0 saturated carbocycles. The van der Waals surface area contributed by atoms with Gasteiger partial charge in [-0.3, -0.25) is 9.59 Å². The van der Waals surface area contributed by atoms with E-state index in [9.17, 15) is 22.8 Å². The summed E-state index contributed by atoms with van der Waals surface area (Å²) < 4.78 is 38.4. The van der Waals surface area contributed by atoms with Crippen LogP contribution in [-0.2, 0) is 6.18 Å². The minimum atomic E-state index is -4.70. The number of halogens is 3. The predicted molar refractivity (Wildman–Crippen MR) is 111 cm³/mol. The Morgan fingerprint density at radius 3 is 2.37 bits per heavy atom. The molecule has 1 amide bonds. The molecule has 0 saturated heterocycles. The lowest BCUT2D eigenvalue weighted by Crippen LogP contribution is -2.34. The number of thioether (sulfide) groups is 1. The molecule has 0 aliphatic rings. The average Bonchev–Trinajstić information content (AvgIpc) is 2.72. The first-order chi connectivity index (χ1) is 14.2. The molecular formula is C22H19F3N2O2S. The van der Waals surface area contributed by atoms with Crippen molar-refractivity contribution in [3.8, 4) is 0 Å². The van der Waals surface area contributed by atoms with Gasteiger partial charge in [0.05, 0.1) is 6.04 Å². The molecule has 8 heteroatoms. The molecule has 0 spiro atoms. The van der Waals surface area contributed by atoms with Crippen molar-refractivity contribution in [2.45, 2.75) is 24.0 Å². The Morgan fingerprint density at radius 2 is 1.77 bits per heavy atom. The highest BCUT2D eigenvalue weighted by Gasteiger charge is 2.32. The molecule has 0 radical (unpaired) electrons. The van der Waals surface area contributed by atoms with Crippen molar-refractivity contribution in [3.05, 3.63) is 99.0 Å². The molecule has 156 valence electrons. The lowest BCUT2D eigenvalue weighted by Gasteiger charge is -2.22. The van der Waals surface area contributed by atoms with Crippen molar-refractivity contribution in [1.29, 1.82) is 0 Å². The van der Waals surface area contributed by atoms with Gasteiger partial charge in [-0.2, -0.15) is 13.2 Å². The summed E-state index contributed by atoms with van der Waals surface area (Å²) in [6.45, 7) is 1.96. The largest absolute Gasteiger partial charge is 0.431 e. The fourth-order valence-electron chi connectivity index (χ4n) is 3.07. The van der Waals surface area contributed by atoms with Gasteiger partial charge in [-0.25, -0.2) is 0 Å². The number of nitrogens with one attached hydrogen (secondary N) is 2.